The van der Waals surface area contributed by atoms with Crippen molar-refractivity contribution in [1.29, 1.82) is 0 Å². The summed E-state index contributed by atoms with van der Waals surface area (Å²) in [6.07, 6.45) is -29.2. The molecule has 5 saturated heterocycles. The van der Waals surface area contributed by atoms with Crippen molar-refractivity contribution in [3.63, 3.8) is 0 Å². The number of fused-ring (bicyclic) bond motifs is 7. The minimum Gasteiger partial charge on any atom is -0.432 e. The maximum absolute atomic E-state index is 15.4. The third-order valence-corrected chi connectivity index (χ3v) is 22.7. The molecule has 0 bridgehead atoms. The van der Waals surface area contributed by atoms with Crippen molar-refractivity contribution in [2.45, 2.75) is 274 Å². The minimum absolute atomic E-state index is 0.129. The van der Waals surface area contributed by atoms with Gasteiger partial charge in [0.05, 0.1) is 44.2 Å². The highest BCUT2D eigenvalue weighted by Crippen LogP contribution is 2.76. The van der Waals surface area contributed by atoms with E-state index in [0.29, 0.717) is 25.7 Å². The van der Waals surface area contributed by atoms with Gasteiger partial charge >= 0.3 is 5.97 Å². The molecule has 4 saturated carbocycles. The molecule has 5 heterocycles. The Hall–Kier alpha value is -1.71. The number of carbonyl (C=O) groups excluding carboxylic acids is 1. The summed E-state index contributed by atoms with van der Waals surface area (Å²) in [4.78, 5) is 15.4. The monoisotopic (exact) mass is 1190 g/mol. The molecule has 5 aliphatic heterocycles. The Kier molecular flexibility index (Phi) is 18.0. The van der Waals surface area contributed by atoms with Crippen LogP contribution in [0.15, 0.2) is 11.6 Å². The molecule has 0 amide bonds. The van der Waals surface area contributed by atoms with Gasteiger partial charge in [0.1, 0.15) is 97.0 Å². The van der Waals surface area contributed by atoms with Crippen molar-refractivity contribution in [3.8, 4) is 0 Å². The zero-order valence-corrected chi connectivity index (χ0v) is 49.0. The standard InChI is InChI=1S/C58H94O25/c1-23-44(80-47-40(69)34(63)27(60)21-74-47)38(67)42(71)48(76-23)79-33-13-14-55(7)30(54(33,5)6)12-15-56(8)31(55)11-10-25-26-18-53(3,4)16-17-58(26,32(62)19-57(25,56)9)52(73)83-51-46(35(64)28(61)22-75-51)82-49-43(72)39(68)45(24(2)77-49)81-50-41(70)37(66)36(65)29(20-59)78-50/h10,23-24,26-51,59-72H,11-22H2,1-9H3/t23-,24-,26-,27+,28+,29+,30-,31+,32+,33-,34-,35+,36+,37-,38-,39-,40+,41+,42+,43+,44-,45-,46-,47?,48-,49-,50-,51?,55-,56+,57+,58+/m0/s1. The topological polar surface area (TPSA) is 393 Å². The quantitative estimate of drug-likeness (QED) is 0.0610. The summed E-state index contributed by atoms with van der Waals surface area (Å²) in [5.41, 5.74) is -2.28. The molecular formula is C58H94O25. The van der Waals surface area contributed by atoms with Crippen LogP contribution in [0.4, 0.5) is 0 Å². The molecule has 10 aliphatic rings. The number of hydrogen-bond donors (Lipinski definition) is 14. The van der Waals surface area contributed by atoms with Gasteiger partial charge in [-0.25, -0.2) is 0 Å². The van der Waals surface area contributed by atoms with Gasteiger partial charge in [0.2, 0.25) is 6.29 Å². The van der Waals surface area contributed by atoms with E-state index in [1.807, 2.05) is 0 Å². The van der Waals surface area contributed by atoms with Gasteiger partial charge in [-0.3, -0.25) is 4.79 Å². The Morgan fingerprint density at radius 1 is 0.554 bits per heavy atom. The summed E-state index contributed by atoms with van der Waals surface area (Å²) in [7, 11) is 0. The predicted octanol–water partition coefficient (Wildman–Crippen LogP) is -1.91. The summed E-state index contributed by atoms with van der Waals surface area (Å²) in [5, 5.41) is 152. The van der Waals surface area contributed by atoms with Crippen LogP contribution in [0, 0.1) is 50.2 Å². The summed E-state index contributed by atoms with van der Waals surface area (Å²) >= 11 is 0. The highest BCUT2D eigenvalue weighted by atomic mass is 16.8. The molecule has 0 radical (unpaired) electrons. The van der Waals surface area contributed by atoms with E-state index in [1.54, 1.807) is 6.92 Å². The van der Waals surface area contributed by atoms with Crippen molar-refractivity contribution in [2.75, 3.05) is 19.8 Å². The molecule has 83 heavy (non-hydrogen) atoms. The number of hydrogen-bond acceptors (Lipinski definition) is 25. The fourth-order valence-electron chi connectivity index (χ4n) is 17.5. The van der Waals surface area contributed by atoms with Crippen LogP contribution in [0.25, 0.3) is 0 Å². The van der Waals surface area contributed by atoms with Gasteiger partial charge in [-0.15, -0.1) is 0 Å². The van der Waals surface area contributed by atoms with Gasteiger partial charge in [0.25, 0.3) is 0 Å². The second kappa shape index (κ2) is 23.3. The predicted molar refractivity (Wildman–Crippen MR) is 282 cm³/mol. The fraction of sp³-hybridized carbons (Fsp3) is 0.948. The number of allylic oxidation sites excluding steroid dienone is 2. The van der Waals surface area contributed by atoms with E-state index in [-0.39, 0.29) is 47.5 Å². The van der Waals surface area contributed by atoms with Gasteiger partial charge in [-0.05, 0) is 116 Å². The van der Waals surface area contributed by atoms with E-state index in [2.05, 4.69) is 54.5 Å². The number of esters is 1. The largest absolute Gasteiger partial charge is 0.432 e. The lowest BCUT2D eigenvalue weighted by Crippen LogP contribution is -2.68. The van der Waals surface area contributed by atoms with Crippen molar-refractivity contribution >= 4 is 5.97 Å². The third kappa shape index (κ3) is 10.6. The molecule has 476 valence electrons. The summed E-state index contributed by atoms with van der Waals surface area (Å²) in [6.45, 7) is 17.2. The average Bonchev–Trinajstić information content (AvgIpc) is 2.38. The fourth-order valence-corrected chi connectivity index (χ4v) is 17.5. The van der Waals surface area contributed by atoms with Crippen LogP contribution in [0.1, 0.15) is 120 Å². The van der Waals surface area contributed by atoms with E-state index in [9.17, 15) is 71.5 Å². The van der Waals surface area contributed by atoms with Crippen LogP contribution >= 0.6 is 0 Å². The van der Waals surface area contributed by atoms with E-state index in [1.165, 1.54) is 6.92 Å². The SMILES string of the molecule is C[C@@H]1O[C@@H](O[C@H]2CC[C@]3(C)[C@H]4CC=C5[C@@H]6CC(C)(C)CC[C@]6(C(=O)OC6OC[C@@H](O)[C@@H](O)[C@@H]6O[C@@H]6O[C@@H](C)[C@H](O[C@@H]7O[C@H](CO)[C@@H](O)[C@H](O)[C@H]7O)[C@@H](O)[C@H]6O)[C@H](O)C[C@@]5(C)[C@]4(C)CC[C@H]3C2(C)C)[C@H](O)[C@H](O)[C@H]1OC1OC[C@@H](O)[C@H](O)[C@H]1O. The third-order valence-electron chi connectivity index (χ3n) is 22.7. The van der Waals surface area contributed by atoms with Gasteiger partial charge in [-0.2, -0.15) is 0 Å². The van der Waals surface area contributed by atoms with Gasteiger partial charge in [0, 0.05) is 0 Å². The van der Waals surface area contributed by atoms with Gasteiger partial charge in [0.15, 0.2) is 31.3 Å². The van der Waals surface area contributed by atoms with Crippen molar-refractivity contribution in [2.24, 2.45) is 50.2 Å². The maximum atomic E-state index is 15.4. The van der Waals surface area contributed by atoms with Crippen LogP contribution in [0.5, 0.6) is 0 Å². The van der Waals surface area contributed by atoms with Crippen LogP contribution < -0.4 is 0 Å². The van der Waals surface area contributed by atoms with Crippen molar-refractivity contribution in [3.05, 3.63) is 11.6 Å². The lowest BCUT2D eigenvalue weighted by Gasteiger charge is -2.71. The van der Waals surface area contributed by atoms with Gasteiger partial charge < -0.3 is 119 Å². The minimum atomic E-state index is -1.93. The molecule has 25 heteroatoms. The molecular weight excluding hydrogens is 1100 g/mol. The Bertz CT molecular complexity index is 2330. The molecule has 9 fully saturated rings. The lowest BCUT2D eigenvalue weighted by atomic mass is 9.33. The lowest BCUT2D eigenvalue weighted by molar-refractivity contribution is -0.374. The molecule has 0 aromatic heterocycles. The van der Waals surface area contributed by atoms with E-state index in [4.69, 9.17) is 47.4 Å². The zero-order chi connectivity index (χ0) is 60.6. The number of aliphatic hydroxyl groups excluding tert-OH is 14. The van der Waals surface area contributed by atoms with Crippen LogP contribution in [0.3, 0.4) is 0 Å². The molecule has 5 aliphatic carbocycles. The first-order valence-corrected chi connectivity index (χ1v) is 30.0. The van der Waals surface area contributed by atoms with Crippen LogP contribution in [-0.2, 0) is 52.2 Å². The first kappa shape index (κ1) is 64.3. The summed E-state index contributed by atoms with van der Waals surface area (Å²) in [6, 6.07) is 0. The molecule has 0 spiro atoms. The van der Waals surface area contributed by atoms with Gasteiger partial charge in [-0.1, -0.05) is 60.1 Å². The normalized spacial score (nSPS) is 55.1. The second-order valence-electron chi connectivity index (χ2n) is 28.3. The number of carbonyl (C=O) groups is 1. The maximum Gasteiger partial charge on any atom is 0.317 e. The van der Waals surface area contributed by atoms with Crippen molar-refractivity contribution in [1.82, 2.24) is 0 Å². The van der Waals surface area contributed by atoms with E-state index < -0.39 is 195 Å². The van der Waals surface area contributed by atoms with Crippen molar-refractivity contribution < 1.29 is 124 Å². The molecule has 25 nitrogen and oxygen atoms in total. The molecule has 14 N–H and O–H groups in total. The number of ether oxygens (including phenoxy) is 10. The van der Waals surface area contributed by atoms with Crippen LogP contribution in [-0.4, -0.2) is 251 Å². The molecule has 10 rings (SSSR count). The molecule has 2 unspecified atom stereocenters. The molecule has 0 aromatic carbocycles. The summed E-state index contributed by atoms with van der Waals surface area (Å²) in [5.74, 6) is -1.00. The Morgan fingerprint density at radius 2 is 1.10 bits per heavy atom. The van der Waals surface area contributed by atoms with Crippen LogP contribution in [0.2, 0.25) is 0 Å². The number of aliphatic hydroxyl groups is 14. The Balaban J connectivity index is 0.845. The summed E-state index contributed by atoms with van der Waals surface area (Å²) < 4.78 is 59.6. The zero-order valence-electron chi connectivity index (χ0n) is 49.0. The Labute approximate surface area is 483 Å². The Morgan fingerprint density at radius 3 is 1.72 bits per heavy atom. The molecule has 0 aromatic rings. The highest BCUT2D eigenvalue weighted by Gasteiger charge is 2.72. The smallest absolute Gasteiger partial charge is 0.317 e. The number of rotatable bonds is 11. The second-order valence-corrected chi connectivity index (χ2v) is 28.3. The van der Waals surface area contributed by atoms with E-state index in [0.717, 1.165) is 24.8 Å². The first-order chi connectivity index (χ1) is 38.8. The highest BCUT2D eigenvalue weighted by molar-refractivity contribution is 5.80. The van der Waals surface area contributed by atoms with E-state index >= 15 is 4.79 Å². The first-order valence-electron chi connectivity index (χ1n) is 30.0. The molecule has 32 atom stereocenters. The average molecular weight is 1190 g/mol.